The number of hydrogen-bond acceptors (Lipinski definition) is 3. The smallest absolute Gasteiger partial charge is 0.187 e. The summed E-state index contributed by atoms with van der Waals surface area (Å²) in [5.74, 6) is -0.912. The number of halogens is 3. The monoisotopic (exact) mass is 341 g/mol. The SMILES string of the molecule is Fc1cc(Br)cc(F)c1-c1n[nH]c(-c2cccs2)n1. The average Bonchev–Trinajstić information content (AvgIpc) is 2.97. The first-order valence-electron chi connectivity index (χ1n) is 5.26. The highest BCUT2D eigenvalue weighted by atomic mass is 79.9. The van der Waals surface area contributed by atoms with Crippen LogP contribution in [-0.2, 0) is 0 Å². The second-order valence-corrected chi connectivity index (χ2v) is 5.59. The molecule has 0 aliphatic rings. The average molecular weight is 342 g/mol. The summed E-state index contributed by atoms with van der Waals surface area (Å²) in [5, 5.41) is 8.44. The van der Waals surface area contributed by atoms with Crippen molar-refractivity contribution in [3.8, 4) is 22.1 Å². The van der Waals surface area contributed by atoms with Crippen LogP contribution in [0.4, 0.5) is 8.78 Å². The minimum atomic E-state index is -0.705. The Morgan fingerprint density at radius 2 is 1.95 bits per heavy atom. The molecule has 19 heavy (non-hydrogen) atoms. The number of nitrogens with one attached hydrogen (secondary N) is 1. The van der Waals surface area contributed by atoms with Crippen LogP contribution in [0.15, 0.2) is 34.1 Å². The highest BCUT2D eigenvalue weighted by molar-refractivity contribution is 9.10. The zero-order chi connectivity index (χ0) is 13.4. The molecule has 1 aromatic carbocycles. The molecule has 0 radical (unpaired) electrons. The molecule has 0 aliphatic heterocycles. The molecule has 0 saturated carbocycles. The van der Waals surface area contributed by atoms with Gasteiger partial charge in [-0.2, -0.15) is 5.10 Å². The van der Waals surface area contributed by atoms with E-state index in [0.717, 1.165) is 4.88 Å². The molecule has 0 atom stereocenters. The molecule has 96 valence electrons. The molecule has 0 spiro atoms. The minimum Gasteiger partial charge on any atom is -0.258 e. The van der Waals surface area contributed by atoms with Crippen molar-refractivity contribution < 1.29 is 8.78 Å². The van der Waals surface area contributed by atoms with Crippen LogP contribution in [0.1, 0.15) is 0 Å². The van der Waals surface area contributed by atoms with Crippen molar-refractivity contribution >= 4 is 27.3 Å². The second kappa shape index (κ2) is 4.82. The van der Waals surface area contributed by atoms with Crippen LogP contribution in [0.3, 0.4) is 0 Å². The van der Waals surface area contributed by atoms with Gasteiger partial charge in [0.2, 0.25) is 0 Å². The predicted octanol–water partition coefficient (Wildman–Crippen LogP) is 4.24. The maximum absolute atomic E-state index is 13.8. The van der Waals surface area contributed by atoms with Crippen LogP contribution in [-0.4, -0.2) is 15.2 Å². The second-order valence-electron chi connectivity index (χ2n) is 3.73. The van der Waals surface area contributed by atoms with Crippen LogP contribution >= 0.6 is 27.3 Å². The van der Waals surface area contributed by atoms with Crippen molar-refractivity contribution in [3.05, 3.63) is 45.8 Å². The first-order valence-corrected chi connectivity index (χ1v) is 6.93. The third kappa shape index (κ3) is 2.31. The lowest BCUT2D eigenvalue weighted by Gasteiger charge is -2.00. The normalized spacial score (nSPS) is 10.9. The molecule has 7 heteroatoms. The Hall–Kier alpha value is -1.60. The standard InChI is InChI=1S/C12H6BrF2N3S/c13-6-4-7(14)10(8(15)5-6)12-16-11(17-18-12)9-2-1-3-19-9/h1-5H,(H,16,17,18). The van der Waals surface area contributed by atoms with Gasteiger partial charge in [-0.3, -0.25) is 5.10 Å². The number of rotatable bonds is 2. The van der Waals surface area contributed by atoms with Crippen molar-refractivity contribution in [1.29, 1.82) is 0 Å². The number of benzene rings is 1. The molecule has 1 N–H and O–H groups in total. The number of aromatic nitrogens is 3. The Labute approximate surface area is 119 Å². The summed E-state index contributed by atoms with van der Waals surface area (Å²) in [6, 6.07) is 6.07. The van der Waals surface area contributed by atoms with Gasteiger partial charge in [-0.15, -0.1) is 11.3 Å². The van der Waals surface area contributed by atoms with E-state index in [-0.39, 0.29) is 11.4 Å². The summed E-state index contributed by atoms with van der Waals surface area (Å²) >= 11 is 4.50. The van der Waals surface area contributed by atoms with Crippen LogP contribution in [0.5, 0.6) is 0 Å². The first-order chi connectivity index (χ1) is 9.15. The van der Waals surface area contributed by atoms with Gasteiger partial charge in [0.1, 0.15) is 11.6 Å². The number of H-pyrrole nitrogens is 1. The van der Waals surface area contributed by atoms with Crippen molar-refractivity contribution in [2.75, 3.05) is 0 Å². The van der Waals surface area contributed by atoms with E-state index in [9.17, 15) is 8.78 Å². The van der Waals surface area contributed by atoms with E-state index >= 15 is 0 Å². The molecule has 0 saturated heterocycles. The molecule has 2 heterocycles. The van der Waals surface area contributed by atoms with E-state index in [1.807, 2.05) is 17.5 Å². The Morgan fingerprint density at radius 1 is 1.21 bits per heavy atom. The molecule has 0 amide bonds. The molecular weight excluding hydrogens is 336 g/mol. The molecule has 0 fully saturated rings. The third-order valence-electron chi connectivity index (χ3n) is 2.47. The number of hydrogen-bond donors (Lipinski definition) is 1. The van der Waals surface area contributed by atoms with Gasteiger partial charge < -0.3 is 0 Å². The van der Waals surface area contributed by atoms with Gasteiger partial charge in [0.05, 0.1) is 10.4 Å². The Morgan fingerprint density at radius 3 is 2.58 bits per heavy atom. The van der Waals surface area contributed by atoms with Crippen molar-refractivity contribution in [3.63, 3.8) is 0 Å². The van der Waals surface area contributed by atoms with Crippen molar-refractivity contribution in [1.82, 2.24) is 15.2 Å². The Kier molecular flexibility index (Phi) is 3.16. The molecule has 0 aliphatic carbocycles. The van der Waals surface area contributed by atoms with Crippen molar-refractivity contribution in [2.45, 2.75) is 0 Å². The third-order valence-corrected chi connectivity index (χ3v) is 3.80. The van der Waals surface area contributed by atoms with Gasteiger partial charge in [0.15, 0.2) is 11.6 Å². The van der Waals surface area contributed by atoms with E-state index in [0.29, 0.717) is 10.3 Å². The molecule has 3 nitrogen and oxygen atoms in total. The van der Waals surface area contributed by atoms with Crippen LogP contribution in [0.25, 0.3) is 22.1 Å². The van der Waals surface area contributed by atoms with E-state index in [4.69, 9.17) is 0 Å². The maximum atomic E-state index is 13.8. The highest BCUT2D eigenvalue weighted by Crippen LogP contribution is 2.28. The molecule has 3 aromatic rings. The molecular formula is C12H6BrF2N3S. The molecule has 3 rings (SSSR count). The maximum Gasteiger partial charge on any atom is 0.187 e. The predicted molar refractivity (Wildman–Crippen MR) is 72.7 cm³/mol. The van der Waals surface area contributed by atoms with Crippen LogP contribution in [0.2, 0.25) is 0 Å². The van der Waals surface area contributed by atoms with E-state index in [1.54, 1.807) is 0 Å². The zero-order valence-electron chi connectivity index (χ0n) is 9.32. The lowest BCUT2D eigenvalue weighted by Crippen LogP contribution is -1.92. The van der Waals surface area contributed by atoms with Gasteiger partial charge >= 0.3 is 0 Å². The molecule has 0 bridgehead atoms. The van der Waals surface area contributed by atoms with Gasteiger partial charge in [0, 0.05) is 4.47 Å². The topological polar surface area (TPSA) is 41.6 Å². The largest absolute Gasteiger partial charge is 0.258 e. The number of aromatic amines is 1. The fourth-order valence-electron chi connectivity index (χ4n) is 1.65. The fourth-order valence-corrected chi connectivity index (χ4v) is 2.72. The van der Waals surface area contributed by atoms with Crippen molar-refractivity contribution in [2.24, 2.45) is 0 Å². The number of thiophene rings is 1. The summed E-state index contributed by atoms with van der Waals surface area (Å²) in [5.41, 5.74) is -0.234. The summed E-state index contributed by atoms with van der Waals surface area (Å²) in [6.07, 6.45) is 0. The summed E-state index contributed by atoms with van der Waals surface area (Å²) < 4.78 is 27.9. The fraction of sp³-hybridized carbons (Fsp3) is 0. The highest BCUT2D eigenvalue weighted by Gasteiger charge is 2.17. The van der Waals surface area contributed by atoms with E-state index < -0.39 is 11.6 Å². The van der Waals surface area contributed by atoms with Crippen LogP contribution < -0.4 is 0 Å². The Bertz CT molecular complexity index is 701. The minimum absolute atomic E-state index is 0.00546. The first kappa shape index (κ1) is 12.4. The summed E-state index contributed by atoms with van der Waals surface area (Å²) in [7, 11) is 0. The van der Waals surface area contributed by atoms with E-state index in [1.165, 1.54) is 23.5 Å². The lowest BCUT2D eigenvalue weighted by molar-refractivity contribution is 0.586. The van der Waals surface area contributed by atoms with Gasteiger partial charge in [0.25, 0.3) is 0 Å². The molecule has 2 aromatic heterocycles. The van der Waals surface area contributed by atoms with Crippen LogP contribution in [0, 0.1) is 11.6 Å². The quantitative estimate of drug-likeness (QED) is 0.757. The summed E-state index contributed by atoms with van der Waals surface area (Å²) in [4.78, 5) is 4.98. The van der Waals surface area contributed by atoms with Gasteiger partial charge in [-0.1, -0.05) is 22.0 Å². The molecule has 0 unspecified atom stereocenters. The summed E-state index contributed by atoms with van der Waals surface area (Å²) in [6.45, 7) is 0. The zero-order valence-corrected chi connectivity index (χ0v) is 11.7. The number of nitrogens with zero attached hydrogens (tertiary/aromatic N) is 2. The lowest BCUT2D eigenvalue weighted by atomic mass is 10.2. The Balaban J connectivity index is 2.09. The van der Waals surface area contributed by atoms with E-state index in [2.05, 4.69) is 31.1 Å². The van der Waals surface area contributed by atoms with Gasteiger partial charge in [-0.05, 0) is 23.6 Å². The van der Waals surface area contributed by atoms with Gasteiger partial charge in [-0.25, -0.2) is 13.8 Å².